The van der Waals surface area contributed by atoms with Crippen LogP contribution in [0.2, 0.25) is 0 Å². The van der Waals surface area contributed by atoms with Crippen molar-refractivity contribution in [3.63, 3.8) is 0 Å². The van der Waals surface area contributed by atoms with Gasteiger partial charge in [0.05, 0.1) is 0 Å². The first kappa shape index (κ1) is 9.90. The van der Waals surface area contributed by atoms with Gasteiger partial charge in [-0.15, -0.1) is 0 Å². The molecule has 0 aromatic carbocycles. The number of hydrogen-bond donors (Lipinski definition) is 2. The molecule has 0 aliphatic heterocycles. The number of hydrogen-bond acceptors (Lipinski definition) is 2. The van der Waals surface area contributed by atoms with E-state index in [1.54, 1.807) is 0 Å². The van der Waals surface area contributed by atoms with Gasteiger partial charge in [0.15, 0.2) is 0 Å². The zero-order chi connectivity index (χ0) is 8.97. The quantitative estimate of drug-likeness (QED) is 0.643. The van der Waals surface area contributed by atoms with Crippen LogP contribution in [0.3, 0.4) is 0 Å². The molecule has 0 aromatic heterocycles. The number of amides is 1. The Kier molecular flexibility index (Phi) is 3.92. The lowest BCUT2D eigenvalue weighted by molar-refractivity contribution is -0.121. The van der Waals surface area contributed by atoms with Gasteiger partial charge in [-0.3, -0.25) is 4.79 Å². The number of carbonyl (C=O) groups excluding carboxylic acids is 1. The molecule has 1 rings (SSSR count). The summed E-state index contributed by atoms with van der Waals surface area (Å²) >= 11 is 4.01. The summed E-state index contributed by atoms with van der Waals surface area (Å²) in [5.74, 6) is 1.52. The molecule has 1 unspecified atom stereocenters. The second-order valence-corrected chi connectivity index (χ2v) is 3.97. The van der Waals surface area contributed by atoms with E-state index in [0.29, 0.717) is 18.2 Å². The molecule has 1 aliphatic carbocycles. The van der Waals surface area contributed by atoms with Crippen LogP contribution in [0.15, 0.2) is 0 Å². The Hall–Kier alpha value is -0.180. The monoisotopic (exact) mass is 187 g/mol. The standard InChI is InChI=1S/C9H17NOS/c1-7(8-3-2-4-8)10-9(11)5-6-12/h7-8,12H,2-6H2,1H3,(H,10,11). The first-order valence-corrected chi connectivity index (χ1v) is 5.27. The second-order valence-electron chi connectivity index (χ2n) is 3.52. The van der Waals surface area contributed by atoms with Crippen molar-refractivity contribution >= 4 is 18.5 Å². The van der Waals surface area contributed by atoms with Crippen LogP contribution >= 0.6 is 12.6 Å². The molecule has 1 saturated carbocycles. The van der Waals surface area contributed by atoms with Gasteiger partial charge >= 0.3 is 0 Å². The van der Waals surface area contributed by atoms with Gasteiger partial charge in [-0.05, 0) is 31.4 Å². The summed E-state index contributed by atoms with van der Waals surface area (Å²) in [6.45, 7) is 2.10. The van der Waals surface area contributed by atoms with Crippen LogP contribution < -0.4 is 5.32 Å². The molecule has 0 bridgehead atoms. The van der Waals surface area contributed by atoms with Crippen molar-refractivity contribution in [2.45, 2.75) is 38.6 Å². The molecule has 1 amide bonds. The van der Waals surface area contributed by atoms with Crippen molar-refractivity contribution in [1.29, 1.82) is 0 Å². The molecular weight excluding hydrogens is 170 g/mol. The number of thiol groups is 1. The summed E-state index contributed by atoms with van der Waals surface area (Å²) in [5, 5.41) is 2.99. The molecular formula is C9H17NOS. The number of rotatable bonds is 4. The molecule has 1 aliphatic rings. The van der Waals surface area contributed by atoms with E-state index in [9.17, 15) is 4.79 Å². The molecule has 2 nitrogen and oxygen atoms in total. The van der Waals surface area contributed by atoms with Gasteiger partial charge in [-0.1, -0.05) is 6.42 Å². The highest BCUT2D eigenvalue weighted by Crippen LogP contribution is 2.29. The van der Waals surface area contributed by atoms with Crippen LogP contribution in [0.25, 0.3) is 0 Å². The molecule has 0 radical (unpaired) electrons. The van der Waals surface area contributed by atoms with Crippen LogP contribution in [-0.4, -0.2) is 17.7 Å². The van der Waals surface area contributed by atoms with Crippen molar-refractivity contribution in [1.82, 2.24) is 5.32 Å². The van der Waals surface area contributed by atoms with E-state index in [1.807, 2.05) is 0 Å². The van der Waals surface area contributed by atoms with Crippen molar-refractivity contribution in [3.05, 3.63) is 0 Å². The molecule has 0 aromatic rings. The maximum absolute atomic E-state index is 11.1. The van der Waals surface area contributed by atoms with Crippen LogP contribution in [0.4, 0.5) is 0 Å². The van der Waals surface area contributed by atoms with Crippen molar-refractivity contribution in [2.24, 2.45) is 5.92 Å². The van der Waals surface area contributed by atoms with E-state index >= 15 is 0 Å². The summed E-state index contributed by atoms with van der Waals surface area (Å²) in [7, 11) is 0. The zero-order valence-corrected chi connectivity index (χ0v) is 8.44. The molecule has 1 N–H and O–H groups in total. The lowest BCUT2D eigenvalue weighted by Crippen LogP contribution is -2.40. The third-order valence-corrected chi connectivity index (χ3v) is 2.81. The van der Waals surface area contributed by atoms with E-state index in [4.69, 9.17) is 0 Å². The zero-order valence-electron chi connectivity index (χ0n) is 7.55. The van der Waals surface area contributed by atoms with E-state index in [-0.39, 0.29) is 5.91 Å². The highest BCUT2D eigenvalue weighted by Gasteiger charge is 2.24. The average Bonchev–Trinajstić information content (AvgIpc) is 1.82. The molecule has 3 heteroatoms. The number of carbonyl (C=O) groups is 1. The van der Waals surface area contributed by atoms with Gasteiger partial charge in [-0.2, -0.15) is 12.6 Å². The lowest BCUT2D eigenvalue weighted by Gasteiger charge is -2.31. The van der Waals surface area contributed by atoms with Crippen molar-refractivity contribution in [3.8, 4) is 0 Å². The van der Waals surface area contributed by atoms with Gasteiger partial charge < -0.3 is 5.32 Å². The molecule has 70 valence electrons. The smallest absolute Gasteiger partial charge is 0.221 e. The molecule has 12 heavy (non-hydrogen) atoms. The van der Waals surface area contributed by atoms with Gasteiger partial charge in [-0.25, -0.2) is 0 Å². The Morgan fingerprint density at radius 1 is 1.67 bits per heavy atom. The first-order chi connectivity index (χ1) is 5.74. The van der Waals surface area contributed by atoms with E-state index in [2.05, 4.69) is 24.9 Å². The van der Waals surface area contributed by atoms with Crippen molar-refractivity contribution in [2.75, 3.05) is 5.75 Å². The lowest BCUT2D eigenvalue weighted by atomic mass is 9.80. The minimum Gasteiger partial charge on any atom is -0.353 e. The highest BCUT2D eigenvalue weighted by atomic mass is 32.1. The normalized spacial score (nSPS) is 19.8. The van der Waals surface area contributed by atoms with Crippen LogP contribution in [-0.2, 0) is 4.79 Å². The fraction of sp³-hybridized carbons (Fsp3) is 0.889. The predicted molar refractivity (Wildman–Crippen MR) is 53.4 cm³/mol. The minimum absolute atomic E-state index is 0.143. The topological polar surface area (TPSA) is 29.1 Å². The van der Waals surface area contributed by atoms with E-state index in [0.717, 1.165) is 5.92 Å². The SMILES string of the molecule is CC(NC(=O)CCS)C1CCC1. The number of nitrogens with one attached hydrogen (secondary N) is 1. The Labute approximate surface area is 79.5 Å². The summed E-state index contributed by atoms with van der Waals surface area (Å²) in [4.78, 5) is 11.1. The van der Waals surface area contributed by atoms with E-state index in [1.165, 1.54) is 19.3 Å². The Morgan fingerprint density at radius 2 is 2.33 bits per heavy atom. The Morgan fingerprint density at radius 3 is 2.75 bits per heavy atom. The summed E-state index contributed by atoms with van der Waals surface area (Å²) in [5.41, 5.74) is 0. The van der Waals surface area contributed by atoms with Gasteiger partial charge in [0.1, 0.15) is 0 Å². The van der Waals surface area contributed by atoms with Gasteiger partial charge in [0.2, 0.25) is 5.91 Å². The maximum Gasteiger partial charge on any atom is 0.221 e. The third-order valence-electron chi connectivity index (χ3n) is 2.58. The minimum atomic E-state index is 0.143. The van der Waals surface area contributed by atoms with Gasteiger partial charge in [0.25, 0.3) is 0 Å². The molecule has 0 spiro atoms. The summed E-state index contributed by atoms with van der Waals surface area (Å²) < 4.78 is 0. The third kappa shape index (κ3) is 2.70. The van der Waals surface area contributed by atoms with E-state index < -0.39 is 0 Å². The van der Waals surface area contributed by atoms with Crippen LogP contribution in [0, 0.1) is 5.92 Å². The maximum atomic E-state index is 11.1. The van der Waals surface area contributed by atoms with Crippen molar-refractivity contribution < 1.29 is 4.79 Å². The largest absolute Gasteiger partial charge is 0.353 e. The van der Waals surface area contributed by atoms with Gasteiger partial charge in [0, 0.05) is 12.5 Å². The predicted octanol–water partition coefficient (Wildman–Crippen LogP) is 1.61. The van der Waals surface area contributed by atoms with Crippen LogP contribution in [0.1, 0.15) is 32.6 Å². The molecule has 1 fully saturated rings. The fourth-order valence-corrected chi connectivity index (χ4v) is 1.69. The summed E-state index contributed by atoms with van der Waals surface area (Å²) in [6.07, 6.45) is 4.43. The summed E-state index contributed by atoms with van der Waals surface area (Å²) in [6, 6.07) is 0.367. The molecule has 0 saturated heterocycles. The average molecular weight is 187 g/mol. The highest BCUT2D eigenvalue weighted by molar-refractivity contribution is 7.80. The fourth-order valence-electron chi connectivity index (χ4n) is 1.49. The van der Waals surface area contributed by atoms with Crippen LogP contribution in [0.5, 0.6) is 0 Å². The first-order valence-electron chi connectivity index (χ1n) is 4.64. The Balaban J connectivity index is 2.15. The molecule has 0 heterocycles. The Bertz CT molecular complexity index is 157. The second kappa shape index (κ2) is 4.75. The molecule has 1 atom stereocenters.